The summed E-state index contributed by atoms with van der Waals surface area (Å²) in [6.07, 6.45) is 6.18. The van der Waals surface area contributed by atoms with E-state index in [4.69, 9.17) is 4.42 Å². The van der Waals surface area contributed by atoms with E-state index in [1.54, 1.807) is 12.5 Å². The van der Waals surface area contributed by atoms with Gasteiger partial charge in [-0.3, -0.25) is 0 Å². The highest BCUT2D eigenvalue weighted by Gasteiger charge is 2.24. The zero-order chi connectivity index (χ0) is 12.1. The normalized spacial score (nSPS) is 20.6. The molecule has 0 radical (unpaired) electrons. The molecular formula is C14H24N2O. The molecule has 0 bridgehead atoms. The first-order valence-electron chi connectivity index (χ1n) is 6.60. The van der Waals surface area contributed by atoms with E-state index in [2.05, 4.69) is 24.1 Å². The minimum Gasteiger partial charge on any atom is -0.472 e. The van der Waals surface area contributed by atoms with E-state index >= 15 is 0 Å². The summed E-state index contributed by atoms with van der Waals surface area (Å²) in [5.41, 5.74) is 1.78. The average Bonchev–Trinajstić information content (AvgIpc) is 2.79. The van der Waals surface area contributed by atoms with Crippen LogP contribution in [0.3, 0.4) is 0 Å². The summed E-state index contributed by atoms with van der Waals surface area (Å²) >= 11 is 0. The van der Waals surface area contributed by atoms with Crippen LogP contribution < -0.4 is 5.32 Å². The fraction of sp³-hybridized carbons (Fsp3) is 0.714. The second-order valence-electron chi connectivity index (χ2n) is 5.81. The van der Waals surface area contributed by atoms with Gasteiger partial charge in [0.2, 0.25) is 0 Å². The number of rotatable bonds is 5. The van der Waals surface area contributed by atoms with Gasteiger partial charge in [0.15, 0.2) is 0 Å². The second kappa shape index (κ2) is 5.69. The summed E-state index contributed by atoms with van der Waals surface area (Å²) in [7, 11) is 0. The van der Waals surface area contributed by atoms with Crippen molar-refractivity contribution in [2.75, 3.05) is 26.2 Å². The van der Waals surface area contributed by atoms with Crippen molar-refractivity contribution >= 4 is 0 Å². The third-order valence-electron chi connectivity index (χ3n) is 3.72. The second-order valence-corrected chi connectivity index (χ2v) is 5.81. The fourth-order valence-corrected chi connectivity index (χ4v) is 2.25. The van der Waals surface area contributed by atoms with E-state index in [1.807, 2.05) is 6.07 Å². The lowest BCUT2D eigenvalue weighted by atomic mass is 9.83. The van der Waals surface area contributed by atoms with Crippen LogP contribution in [0.25, 0.3) is 0 Å². The molecule has 1 aromatic heterocycles. The molecule has 1 saturated heterocycles. The van der Waals surface area contributed by atoms with Crippen LogP contribution >= 0.6 is 0 Å². The highest BCUT2D eigenvalue weighted by molar-refractivity contribution is 5.04. The van der Waals surface area contributed by atoms with E-state index in [0.29, 0.717) is 5.41 Å². The van der Waals surface area contributed by atoms with Gasteiger partial charge in [0, 0.05) is 25.2 Å². The monoisotopic (exact) mass is 236 g/mol. The molecule has 1 aliphatic rings. The minimum atomic E-state index is 0.556. The standard InChI is InChI=1S/C14H24N2O/c1-14(2)4-7-16(8-5-14)9-6-15-11-13-3-10-17-12-13/h3,10,12,15H,4-9,11H2,1-2H3. The number of nitrogens with one attached hydrogen (secondary N) is 1. The lowest BCUT2D eigenvalue weighted by Crippen LogP contribution is -2.40. The molecule has 3 heteroatoms. The van der Waals surface area contributed by atoms with E-state index in [1.165, 1.54) is 31.5 Å². The number of hydrogen-bond acceptors (Lipinski definition) is 3. The molecule has 1 aromatic rings. The lowest BCUT2D eigenvalue weighted by Gasteiger charge is -2.36. The topological polar surface area (TPSA) is 28.4 Å². The van der Waals surface area contributed by atoms with Crippen molar-refractivity contribution in [1.82, 2.24) is 10.2 Å². The molecule has 1 fully saturated rings. The number of furan rings is 1. The van der Waals surface area contributed by atoms with Crippen LogP contribution in [0.5, 0.6) is 0 Å². The zero-order valence-electron chi connectivity index (χ0n) is 11.0. The van der Waals surface area contributed by atoms with Crippen LogP contribution in [0.1, 0.15) is 32.3 Å². The third kappa shape index (κ3) is 4.17. The van der Waals surface area contributed by atoms with Crippen molar-refractivity contribution < 1.29 is 4.42 Å². The number of nitrogens with zero attached hydrogens (tertiary/aromatic N) is 1. The summed E-state index contributed by atoms with van der Waals surface area (Å²) in [6, 6.07) is 2.01. The van der Waals surface area contributed by atoms with Crippen LogP contribution in [0.2, 0.25) is 0 Å². The van der Waals surface area contributed by atoms with Crippen molar-refractivity contribution in [3.05, 3.63) is 24.2 Å². The summed E-state index contributed by atoms with van der Waals surface area (Å²) in [5, 5.41) is 3.45. The fourth-order valence-electron chi connectivity index (χ4n) is 2.25. The van der Waals surface area contributed by atoms with Gasteiger partial charge < -0.3 is 14.6 Å². The molecule has 2 heterocycles. The SMILES string of the molecule is CC1(C)CCN(CCNCc2ccoc2)CC1. The van der Waals surface area contributed by atoms with Crippen LogP contribution in [-0.2, 0) is 6.54 Å². The Morgan fingerprint density at radius 1 is 1.35 bits per heavy atom. The Morgan fingerprint density at radius 2 is 2.12 bits per heavy atom. The highest BCUT2D eigenvalue weighted by Crippen LogP contribution is 2.29. The molecule has 0 aromatic carbocycles. The quantitative estimate of drug-likeness (QED) is 0.796. The Morgan fingerprint density at radius 3 is 2.76 bits per heavy atom. The maximum absolute atomic E-state index is 5.03. The Bertz CT molecular complexity index is 309. The predicted molar refractivity (Wildman–Crippen MR) is 69.9 cm³/mol. The van der Waals surface area contributed by atoms with Gasteiger partial charge in [-0.1, -0.05) is 13.8 Å². The molecule has 0 spiro atoms. The molecule has 17 heavy (non-hydrogen) atoms. The lowest BCUT2D eigenvalue weighted by molar-refractivity contribution is 0.133. The number of likely N-dealkylation sites (tertiary alicyclic amines) is 1. The molecule has 0 saturated carbocycles. The van der Waals surface area contributed by atoms with Gasteiger partial charge in [0.25, 0.3) is 0 Å². The van der Waals surface area contributed by atoms with Gasteiger partial charge in [-0.15, -0.1) is 0 Å². The van der Waals surface area contributed by atoms with Crippen LogP contribution in [0.15, 0.2) is 23.0 Å². The van der Waals surface area contributed by atoms with E-state index in [9.17, 15) is 0 Å². The Hall–Kier alpha value is -0.800. The number of piperidine rings is 1. The van der Waals surface area contributed by atoms with Gasteiger partial charge >= 0.3 is 0 Å². The summed E-state index contributed by atoms with van der Waals surface area (Å²) in [4.78, 5) is 2.56. The van der Waals surface area contributed by atoms with Crippen LogP contribution in [-0.4, -0.2) is 31.1 Å². The Labute approximate surface area is 104 Å². The van der Waals surface area contributed by atoms with Gasteiger partial charge in [-0.25, -0.2) is 0 Å². The Kier molecular flexibility index (Phi) is 4.24. The molecule has 0 unspecified atom stereocenters. The largest absolute Gasteiger partial charge is 0.472 e. The van der Waals surface area contributed by atoms with Crippen molar-refractivity contribution in [1.29, 1.82) is 0 Å². The van der Waals surface area contributed by atoms with Gasteiger partial charge in [0.1, 0.15) is 0 Å². The first-order valence-corrected chi connectivity index (χ1v) is 6.60. The first-order chi connectivity index (χ1) is 8.16. The highest BCUT2D eigenvalue weighted by atomic mass is 16.3. The van der Waals surface area contributed by atoms with Crippen LogP contribution in [0.4, 0.5) is 0 Å². The molecule has 3 nitrogen and oxygen atoms in total. The zero-order valence-corrected chi connectivity index (χ0v) is 11.0. The van der Waals surface area contributed by atoms with Crippen LogP contribution in [0, 0.1) is 5.41 Å². The van der Waals surface area contributed by atoms with E-state index in [-0.39, 0.29) is 0 Å². The smallest absolute Gasteiger partial charge is 0.0947 e. The molecule has 1 aliphatic heterocycles. The molecular weight excluding hydrogens is 212 g/mol. The molecule has 1 N–H and O–H groups in total. The van der Waals surface area contributed by atoms with E-state index in [0.717, 1.165) is 19.6 Å². The maximum Gasteiger partial charge on any atom is 0.0947 e. The molecule has 0 atom stereocenters. The van der Waals surface area contributed by atoms with Crippen molar-refractivity contribution in [2.45, 2.75) is 33.2 Å². The molecule has 96 valence electrons. The van der Waals surface area contributed by atoms with Gasteiger partial charge in [0.05, 0.1) is 12.5 Å². The Balaban J connectivity index is 1.57. The predicted octanol–water partition coefficient (Wildman–Crippen LogP) is 2.49. The summed E-state index contributed by atoms with van der Waals surface area (Å²) < 4.78 is 5.03. The molecule has 2 rings (SSSR count). The van der Waals surface area contributed by atoms with Crippen molar-refractivity contribution in [3.63, 3.8) is 0 Å². The van der Waals surface area contributed by atoms with Gasteiger partial charge in [-0.05, 0) is 37.4 Å². The van der Waals surface area contributed by atoms with Crippen molar-refractivity contribution in [2.24, 2.45) is 5.41 Å². The maximum atomic E-state index is 5.03. The minimum absolute atomic E-state index is 0.556. The first kappa shape index (κ1) is 12.7. The summed E-state index contributed by atoms with van der Waals surface area (Å²) in [6.45, 7) is 10.4. The molecule has 0 amide bonds. The van der Waals surface area contributed by atoms with E-state index < -0.39 is 0 Å². The summed E-state index contributed by atoms with van der Waals surface area (Å²) in [5.74, 6) is 0. The van der Waals surface area contributed by atoms with Crippen molar-refractivity contribution in [3.8, 4) is 0 Å². The number of hydrogen-bond donors (Lipinski definition) is 1. The molecule has 0 aliphatic carbocycles. The third-order valence-corrected chi connectivity index (χ3v) is 3.72. The van der Waals surface area contributed by atoms with Gasteiger partial charge in [-0.2, -0.15) is 0 Å². The average molecular weight is 236 g/mol.